The van der Waals surface area contributed by atoms with Crippen molar-refractivity contribution in [3.05, 3.63) is 53.6 Å². The number of amides is 1. The van der Waals surface area contributed by atoms with Crippen LogP contribution in [0, 0.1) is 0 Å². The smallest absolute Gasteiger partial charge is 0.307 e. The summed E-state index contributed by atoms with van der Waals surface area (Å²) in [6.07, 6.45) is 0.0381. The predicted molar refractivity (Wildman–Crippen MR) is 106 cm³/mol. The van der Waals surface area contributed by atoms with Crippen LogP contribution >= 0.6 is 0 Å². The minimum atomic E-state index is -0.447. The first kappa shape index (κ1) is 20.4. The topological polar surface area (TPSA) is 82.1 Å². The van der Waals surface area contributed by atoms with E-state index in [1.807, 2.05) is 19.1 Å². The van der Waals surface area contributed by atoms with Crippen molar-refractivity contribution in [2.75, 3.05) is 24.7 Å². The molecule has 0 saturated carbocycles. The van der Waals surface area contributed by atoms with Crippen molar-refractivity contribution in [2.24, 2.45) is 0 Å². The number of benzene rings is 2. The zero-order chi connectivity index (χ0) is 20.8. The molecule has 29 heavy (non-hydrogen) atoms. The van der Waals surface area contributed by atoms with E-state index < -0.39 is 5.97 Å². The van der Waals surface area contributed by atoms with E-state index in [1.54, 1.807) is 30.3 Å². The molecule has 2 aromatic carbocycles. The van der Waals surface area contributed by atoms with Crippen LogP contribution in [0.25, 0.3) is 0 Å². The SMILES string of the molecule is CCOc1ccc(C(C)=O)cc1COC(=O)CCN1C(=O)COc2ccccc21. The second-order valence-corrected chi connectivity index (χ2v) is 6.52. The van der Waals surface area contributed by atoms with Crippen LogP contribution < -0.4 is 14.4 Å². The minimum absolute atomic E-state index is 0.0110. The van der Waals surface area contributed by atoms with Gasteiger partial charge in [0, 0.05) is 17.7 Å². The summed E-state index contributed by atoms with van der Waals surface area (Å²) in [5.41, 5.74) is 1.79. The maximum atomic E-state index is 12.3. The molecule has 7 heteroatoms. The normalized spacial score (nSPS) is 12.8. The first-order valence-corrected chi connectivity index (χ1v) is 9.44. The number of esters is 1. The number of para-hydroxylation sites is 2. The molecule has 1 heterocycles. The van der Waals surface area contributed by atoms with Crippen molar-refractivity contribution in [3.63, 3.8) is 0 Å². The van der Waals surface area contributed by atoms with E-state index >= 15 is 0 Å². The Balaban J connectivity index is 1.61. The number of anilines is 1. The molecule has 1 aliphatic rings. The van der Waals surface area contributed by atoms with Crippen LogP contribution in [0.15, 0.2) is 42.5 Å². The van der Waals surface area contributed by atoms with Gasteiger partial charge in [-0.3, -0.25) is 14.4 Å². The summed E-state index contributed by atoms with van der Waals surface area (Å²) in [5.74, 6) is 0.456. The van der Waals surface area contributed by atoms with E-state index in [4.69, 9.17) is 14.2 Å². The summed E-state index contributed by atoms with van der Waals surface area (Å²) in [7, 11) is 0. The molecule has 152 valence electrons. The van der Waals surface area contributed by atoms with Gasteiger partial charge in [0.05, 0.1) is 18.7 Å². The van der Waals surface area contributed by atoms with E-state index in [0.29, 0.717) is 34.9 Å². The van der Waals surface area contributed by atoms with Crippen LogP contribution in [0.3, 0.4) is 0 Å². The molecular weight excluding hydrogens is 374 g/mol. The lowest BCUT2D eigenvalue weighted by Crippen LogP contribution is -2.40. The van der Waals surface area contributed by atoms with Gasteiger partial charge in [0.25, 0.3) is 5.91 Å². The second kappa shape index (κ2) is 9.23. The number of carbonyl (C=O) groups excluding carboxylic acids is 3. The van der Waals surface area contributed by atoms with Crippen LogP contribution in [-0.4, -0.2) is 37.4 Å². The lowest BCUT2D eigenvalue weighted by molar-refractivity contribution is -0.144. The van der Waals surface area contributed by atoms with Gasteiger partial charge in [-0.05, 0) is 44.2 Å². The van der Waals surface area contributed by atoms with Gasteiger partial charge in [0.2, 0.25) is 0 Å². The lowest BCUT2D eigenvalue weighted by Gasteiger charge is -2.29. The molecule has 0 radical (unpaired) electrons. The average molecular weight is 397 g/mol. The lowest BCUT2D eigenvalue weighted by atomic mass is 10.1. The highest BCUT2D eigenvalue weighted by Gasteiger charge is 2.25. The summed E-state index contributed by atoms with van der Waals surface area (Å²) in [4.78, 5) is 37.6. The molecule has 0 aromatic heterocycles. The molecule has 2 aromatic rings. The number of ketones is 1. The molecule has 0 spiro atoms. The third-order valence-electron chi connectivity index (χ3n) is 4.50. The fraction of sp³-hybridized carbons (Fsp3) is 0.318. The Hall–Kier alpha value is -3.35. The molecule has 1 aliphatic heterocycles. The third kappa shape index (κ3) is 4.93. The fourth-order valence-corrected chi connectivity index (χ4v) is 3.04. The van der Waals surface area contributed by atoms with Crippen LogP contribution in [0.2, 0.25) is 0 Å². The van der Waals surface area contributed by atoms with E-state index in [2.05, 4.69) is 0 Å². The zero-order valence-electron chi connectivity index (χ0n) is 16.5. The van der Waals surface area contributed by atoms with Gasteiger partial charge >= 0.3 is 5.97 Å². The Morgan fingerprint density at radius 1 is 1.17 bits per heavy atom. The van der Waals surface area contributed by atoms with Crippen LogP contribution in [-0.2, 0) is 20.9 Å². The molecule has 0 atom stereocenters. The molecule has 7 nitrogen and oxygen atoms in total. The summed E-state index contributed by atoms with van der Waals surface area (Å²) < 4.78 is 16.3. The van der Waals surface area contributed by atoms with Crippen molar-refractivity contribution < 1.29 is 28.6 Å². The fourth-order valence-electron chi connectivity index (χ4n) is 3.04. The molecule has 0 aliphatic carbocycles. The molecule has 0 unspecified atom stereocenters. The zero-order valence-corrected chi connectivity index (χ0v) is 16.5. The number of Topliss-reactive ketones (excluding diaryl/α,β-unsaturated/α-hetero) is 1. The molecule has 3 rings (SSSR count). The molecule has 0 N–H and O–H groups in total. The molecule has 1 amide bonds. The Morgan fingerprint density at radius 2 is 1.97 bits per heavy atom. The van der Waals surface area contributed by atoms with E-state index in [0.717, 1.165) is 0 Å². The molecule has 0 saturated heterocycles. The van der Waals surface area contributed by atoms with Crippen molar-refractivity contribution in [1.82, 2.24) is 0 Å². The highest BCUT2D eigenvalue weighted by molar-refractivity contribution is 5.98. The van der Waals surface area contributed by atoms with Crippen molar-refractivity contribution in [1.29, 1.82) is 0 Å². The summed E-state index contributed by atoms with van der Waals surface area (Å²) >= 11 is 0. The first-order chi connectivity index (χ1) is 14.0. The van der Waals surface area contributed by atoms with Crippen LogP contribution in [0.5, 0.6) is 11.5 Å². The Labute approximate surface area is 169 Å². The standard InChI is InChI=1S/C22H23NO6/c1-3-27-19-9-8-16(15(2)24)12-17(19)13-29-22(26)10-11-23-18-6-4-5-7-20(18)28-14-21(23)25/h4-9,12H,3,10-11,13-14H2,1-2H3. The molecular formula is C22H23NO6. The summed E-state index contributed by atoms with van der Waals surface area (Å²) in [6.45, 7) is 3.92. The van der Waals surface area contributed by atoms with Gasteiger partial charge in [-0.15, -0.1) is 0 Å². The van der Waals surface area contributed by atoms with E-state index in [1.165, 1.54) is 11.8 Å². The van der Waals surface area contributed by atoms with Crippen molar-refractivity contribution >= 4 is 23.3 Å². The highest BCUT2D eigenvalue weighted by atomic mass is 16.5. The van der Waals surface area contributed by atoms with Crippen LogP contribution in [0.4, 0.5) is 5.69 Å². The minimum Gasteiger partial charge on any atom is -0.493 e. The average Bonchev–Trinajstić information content (AvgIpc) is 2.72. The Bertz CT molecular complexity index is 923. The van der Waals surface area contributed by atoms with Gasteiger partial charge in [0.1, 0.15) is 18.1 Å². The third-order valence-corrected chi connectivity index (χ3v) is 4.50. The number of hydrogen-bond donors (Lipinski definition) is 0. The Morgan fingerprint density at radius 3 is 2.72 bits per heavy atom. The van der Waals surface area contributed by atoms with E-state index in [-0.39, 0.29) is 37.9 Å². The summed E-state index contributed by atoms with van der Waals surface area (Å²) in [6, 6.07) is 12.2. The number of rotatable bonds is 8. The van der Waals surface area contributed by atoms with Gasteiger partial charge < -0.3 is 19.1 Å². The number of nitrogens with zero attached hydrogens (tertiary/aromatic N) is 1. The van der Waals surface area contributed by atoms with Crippen molar-refractivity contribution in [2.45, 2.75) is 26.9 Å². The molecule has 0 fully saturated rings. The quantitative estimate of drug-likeness (QED) is 0.503. The van der Waals surface area contributed by atoms with Gasteiger partial charge in [-0.2, -0.15) is 0 Å². The molecule has 0 bridgehead atoms. The number of ether oxygens (including phenoxy) is 3. The number of carbonyl (C=O) groups is 3. The van der Waals surface area contributed by atoms with Gasteiger partial charge in [-0.25, -0.2) is 0 Å². The first-order valence-electron chi connectivity index (χ1n) is 9.44. The number of fused-ring (bicyclic) bond motifs is 1. The van der Waals surface area contributed by atoms with E-state index in [9.17, 15) is 14.4 Å². The van der Waals surface area contributed by atoms with Gasteiger partial charge in [-0.1, -0.05) is 12.1 Å². The second-order valence-electron chi connectivity index (χ2n) is 6.52. The van der Waals surface area contributed by atoms with Crippen molar-refractivity contribution in [3.8, 4) is 11.5 Å². The van der Waals surface area contributed by atoms with Gasteiger partial charge in [0.15, 0.2) is 12.4 Å². The maximum Gasteiger partial charge on any atom is 0.307 e. The Kier molecular flexibility index (Phi) is 6.49. The predicted octanol–water partition coefficient (Wildman–Crippen LogP) is 3.15. The van der Waals surface area contributed by atoms with Crippen LogP contribution in [0.1, 0.15) is 36.2 Å². The maximum absolute atomic E-state index is 12.3. The largest absolute Gasteiger partial charge is 0.493 e. The highest BCUT2D eigenvalue weighted by Crippen LogP contribution is 2.31. The monoisotopic (exact) mass is 397 g/mol. The number of hydrogen-bond acceptors (Lipinski definition) is 6. The summed E-state index contributed by atoms with van der Waals surface area (Å²) in [5, 5.41) is 0.